The summed E-state index contributed by atoms with van der Waals surface area (Å²) in [7, 11) is 0. The molecule has 1 aromatic carbocycles. The van der Waals surface area contributed by atoms with Crippen LogP contribution in [0.1, 0.15) is 41.6 Å². The summed E-state index contributed by atoms with van der Waals surface area (Å²) in [5.41, 5.74) is 4.92. The molecular weight excluding hydrogens is 260 g/mol. The molecule has 1 atom stereocenters. The monoisotopic (exact) mass is 282 g/mol. The van der Waals surface area contributed by atoms with E-state index in [1.165, 1.54) is 22.3 Å². The van der Waals surface area contributed by atoms with Crippen molar-refractivity contribution in [1.82, 2.24) is 10.3 Å². The van der Waals surface area contributed by atoms with Gasteiger partial charge in [-0.15, -0.1) is 0 Å². The number of pyridine rings is 1. The van der Waals surface area contributed by atoms with Gasteiger partial charge in [-0.1, -0.05) is 31.2 Å². The highest BCUT2D eigenvalue weighted by atomic mass is 16.5. The van der Waals surface area contributed by atoms with Crippen molar-refractivity contribution in [2.24, 2.45) is 0 Å². The van der Waals surface area contributed by atoms with E-state index in [4.69, 9.17) is 4.74 Å². The third kappa shape index (κ3) is 2.93. The lowest BCUT2D eigenvalue weighted by Gasteiger charge is -2.26. The summed E-state index contributed by atoms with van der Waals surface area (Å²) < 4.78 is 5.97. The Morgan fingerprint density at radius 3 is 3.05 bits per heavy atom. The molecule has 3 heteroatoms. The second kappa shape index (κ2) is 6.27. The lowest BCUT2D eigenvalue weighted by molar-refractivity contribution is 0.283. The van der Waals surface area contributed by atoms with Crippen molar-refractivity contribution in [2.45, 2.75) is 32.7 Å². The van der Waals surface area contributed by atoms with E-state index in [-0.39, 0.29) is 6.04 Å². The summed E-state index contributed by atoms with van der Waals surface area (Å²) in [6.45, 7) is 5.93. The van der Waals surface area contributed by atoms with Crippen LogP contribution < -0.4 is 10.1 Å². The Morgan fingerprint density at radius 2 is 2.24 bits per heavy atom. The molecule has 1 N–H and O–H groups in total. The number of aryl methyl sites for hydroxylation is 2. The number of benzene rings is 1. The maximum Gasteiger partial charge on any atom is 0.127 e. The molecule has 1 aromatic heterocycles. The van der Waals surface area contributed by atoms with Crippen LogP contribution in [0.15, 0.2) is 36.7 Å². The Labute approximate surface area is 126 Å². The highest BCUT2D eigenvalue weighted by Crippen LogP contribution is 2.35. The standard InChI is InChI=1S/C18H22N2O/c1-3-20-17(15-10-13(2)11-19-12-15)16-8-4-6-14-7-5-9-21-18(14)16/h4,6,8,10-12,17,20H,3,5,7,9H2,1-2H3. The second-order valence-corrected chi connectivity index (χ2v) is 5.57. The van der Waals surface area contributed by atoms with E-state index < -0.39 is 0 Å². The fourth-order valence-corrected chi connectivity index (χ4v) is 2.99. The number of fused-ring (bicyclic) bond motifs is 1. The molecule has 3 rings (SSSR count). The van der Waals surface area contributed by atoms with Gasteiger partial charge in [-0.3, -0.25) is 4.98 Å². The van der Waals surface area contributed by atoms with Gasteiger partial charge in [0.05, 0.1) is 12.6 Å². The minimum absolute atomic E-state index is 0.135. The molecule has 3 nitrogen and oxygen atoms in total. The quantitative estimate of drug-likeness (QED) is 0.933. The molecule has 0 radical (unpaired) electrons. The molecule has 21 heavy (non-hydrogen) atoms. The molecule has 0 saturated heterocycles. The van der Waals surface area contributed by atoms with E-state index in [1.54, 1.807) is 0 Å². The first-order valence-electron chi connectivity index (χ1n) is 7.69. The van der Waals surface area contributed by atoms with Crippen molar-refractivity contribution in [1.29, 1.82) is 0 Å². The second-order valence-electron chi connectivity index (χ2n) is 5.57. The molecule has 1 aliphatic heterocycles. The Bertz CT molecular complexity index is 624. The van der Waals surface area contributed by atoms with Crippen LogP contribution in [-0.2, 0) is 6.42 Å². The molecule has 0 fully saturated rings. The highest BCUT2D eigenvalue weighted by Gasteiger charge is 2.22. The van der Waals surface area contributed by atoms with Crippen LogP contribution >= 0.6 is 0 Å². The number of hydrogen-bond donors (Lipinski definition) is 1. The molecule has 0 amide bonds. The average Bonchev–Trinajstić information content (AvgIpc) is 2.52. The van der Waals surface area contributed by atoms with Crippen LogP contribution in [0.25, 0.3) is 0 Å². The fraction of sp³-hybridized carbons (Fsp3) is 0.389. The zero-order chi connectivity index (χ0) is 14.7. The normalized spacial score (nSPS) is 15.1. The largest absolute Gasteiger partial charge is 0.493 e. The highest BCUT2D eigenvalue weighted by molar-refractivity contribution is 5.47. The first-order valence-corrected chi connectivity index (χ1v) is 7.69. The average molecular weight is 282 g/mol. The SMILES string of the molecule is CCNC(c1cncc(C)c1)c1cccc2c1OCCC2. The smallest absolute Gasteiger partial charge is 0.127 e. The number of ether oxygens (including phenoxy) is 1. The van der Waals surface area contributed by atoms with Crippen molar-refractivity contribution in [3.8, 4) is 5.75 Å². The summed E-state index contributed by atoms with van der Waals surface area (Å²) in [5.74, 6) is 1.07. The predicted molar refractivity (Wildman–Crippen MR) is 84.8 cm³/mol. The molecule has 2 heterocycles. The van der Waals surface area contributed by atoms with Gasteiger partial charge in [-0.05, 0) is 43.0 Å². The molecule has 1 unspecified atom stereocenters. The summed E-state index contributed by atoms with van der Waals surface area (Å²) in [6.07, 6.45) is 6.05. The van der Waals surface area contributed by atoms with E-state index in [0.29, 0.717) is 0 Å². The van der Waals surface area contributed by atoms with Crippen LogP contribution in [0.2, 0.25) is 0 Å². The lowest BCUT2D eigenvalue weighted by Crippen LogP contribution is -2.24. The fourth-order valence-electron chi connectivity index (χ4n) is 2.99. The van der Waals surface area contributed by atoms with Crippen molar-refractivity contribution in [3.05, 3.63) is 58.9 Å². The van der Waals surface area contributed by atoms with Gasteiger partial charge in [0.25, 0.3) is 0 Å². The summed E-state index contributed by atoms with van der Waals surface area (Å²) in [4.78, 5) is 4.34. The number of nitrogens with zero attached hydrogens (tertiary/aromatic N) is 1. The van der Waals surface area contributed by atoms with Gasteiger partial charge < -0.3 is 10.1 Å². The van der Waals surface area contributed by atoms with Gasteiger partial charge in [-0.25, -0.2) is 0 Å². The number of rotatable bonds is 4. The number of nitrogens with one attached hydrogen (secondary N) is 1. The maximum absolute atomic E-state index is 5.97. The molecule has 2 aromatic rings. The molecular formula is C18H22N2O. The van der Waals surface area contributed by atoms with Gasteiger partial charge in [0.15, 0.2) is 0 Å². The Balaban J connectivity index is 2.05. The lowest BCUT2D eigenvalue weighted by atomic mass is 9.94. The van der Waals surface area contributed by atoms with Crippen LogP contribution in [-0.4, -0.2) is 18.1 Å². The third-order valence-electron chi connectivity index (χ3n) is 3.91. The first-order chi connectivity index (χ1) is 10.3. The van der Waals surface area contributed by atoms with Crippen molar-refractivity contribution < 1.29 is 4.74 Å². The van der Waals surface area contributed by atoms with Gasteiger partial charge >= 0.3 is 0 Å². The van der Waals surface area contributed by atoms with E-state index in [1.807, 2.05) is 12.4 Å². The number of para-hydroxylation sites is 1. The van der Waals surface area contributed by atoms with Gasteiger partial charge in [0.2, 0.25) is 0 Å². The van der Waals surface area contributed by atoms with Crippen LogP contribution in [0.4, 0.5) is 0 Å². The predicted octanol–water partition coefficient (Wildman–Crippen LogP) is 3.41. The van der Waals surface area contributed by atoms with Crippen molar-refractivity contribution in [3.63, 3.8) is 0 Å². The van der Waals surface area contributed by atoms with Gasteiger partial charge in [-0.2, -0.15) is 0 Å². The zero-order valence-corrected chi connectivity index (χ0v) is 12.7. The zero-order valence-electron chi connectivity index (χ0n) is 12.7. The molecule has 1 aliphatic rings. The minimum atomic E-state index is 0.135. The molecule has 0 spiro atoms. The Morgan fingerprint density at radius 1 is 1.33 bits per heavy atom. The summed E-state index contributed by atoms with van der Waals surface area (Å²) in [5, 5.41) is 3.57. The van der Waals surface area contributed by atoms with E-state index in [2.05, 4.69) is 48.4 Å². The topological polar surface area (TPSA) is 34.2 Å². The van der Waals surface area contributed by atoms with E-state index >= 15 is 0 Å². The maximum atomic E-state index is 5.97. The number of hydrogen-bond acceptors (Lipinski definition) is 3. The molecule has 0 aliphatic carbocycles. The van der Waals surface area contributed by atoms with E-state index in [9.17, 15) is 0 Å². The van der Waals surface area contributed by atoms with Crippen LogP contribution in [0.3, 0.4) is 0 Å². The first kappa shape index (κ1) is 14.1. The van der Waals surface area contributed by atoms with Crippen molar-refractivity contribution >= 4 is 0 Å². The molecule has 110 valence electrons. The van der Waals surface area contributed by atoms with Gasteiger partial charge in [0, 0.05) is 18.0 Å². The van der Waals surface area contributed by atoms with Gasteiger partial charge in [0.1, 0.15) is 5.75 Å². The third-order valence-corrected chi connectivity index (χ3v) is 3.91. The van der Waals surface area contributed by atoms with Crippen LogP contribution in [0.5, 0.6) is 5.75 Å². The minimum Gasteiger partial charge on any atom is -0.493 e. The molecule has 0 saturated carbocycles. The van der Waals surface area contributed by atoms with E-state index in [0.717, 1.165) is 31.7 Å². The number of aromatic nitrogens is 1. The Kier molecular flexibility index (Phi) is 4.20. The summed E-state index contributed by atoms with van der Waals surface area (Å²) >= 11 is 0. The molecule has 0 bridgehead atoms. The Hall–Kier alpha value is -1.87. The summed E-state index contributed by atoms with van der Waals surface area (Å²) in [6, 6.07) is 8.81. The van der Waals surface area contributed by atoms with Crippen molar-refractivity contribution in [2.75, 3.05) is 13.2 Å². The van der Waals surface area contributed by atoms with Crippen LogP contribution in [0, 0.1) is 6.92 Å².